The predicted octanol–water partition coefficient (Wildman–Crippen LogP) is 10.8. The predicted molar refractivity (Wildman–Crippen MR) is 259 cm³/mol. The SMILES string of the molecule is Cc1ccc(Oc2ncc(N(C3CCCc4c(OCC(=O)OC(=O)COc5cccc6c5CCCC6N(c5cnc(Oc6ccccc6C)c(Br)c5)S(=O)O)cccc43)S(=O)O)cc2Br)cc1. The number of halogens is 2. The van der Waals surface area contributed by atoms with Crippen LogP contribution in [0.4, 0.5) is 11.4 Å². The van der Waals surface area contributed by atoms with Gasteiger partial charge in [-0.3, -0.25) is 17.7 Å². The van der Waals surface area contributed by atoms with Crippen molar-refractivity contribution in [2.45, 2.75) is 64.5 Å². The van der Waals surface area contributed by atoms with Gasteiger partial charge in [-0.2, -0.15) is 0 Å². The fraction of sp³-hybridized carbons (Fsp3) is 0.250. The van der Waals surface area contributed by atoms with Crippen molar-refractivity contribution in [3.63, 3.8) is 0 Å². The van der Waals surface area contributed by atoms with Crippen molar-refractivity contribution in [3.8, 4) is 34.8 Å². The first-order chi connectivity index (χ1) is 32.3. The first-order valence-corrected chi connectivity index (χ1v) is 24.9. The van der Waals surface area contributed by atoms with E-state index in [1.165, 1.54) is 21.0 Å². The molecule has 67 heavy (non-hydrogen) atoms. The average Bonchev–Trinajstić information content (AvgIpc) is 3.31. The first-order valence-electron chi connectivity index (χ1n) is 21.2. The van der Waals surface area contributed by atoms with Crippen molar-refractivity contribution in [3.05, 3.63) is 152 Å². The van der Waals surface area contributed by atoms with Gasteiger partial charge in [0.05, 0.1) is 44.8 Å². The van der Waals surface area contributed by atoms with Crippen LogP contribution in [0.2, 0.25) is 0 Å². The molecule has 15 nitrogen and oxygen atoms in total. The number of para-hydroxylation sites is 1. The second-order valence-corrected chi connectivity index (χ2v) is 19.2. The molecule has 0 aliphatic heterocycles. The number of esters is 2. The van der Waals surface area contributed by atoms with Gasteiger partial charge in [0.1, 0.15) is 23.0 Å². The Balaban J connectivity index is 0.892. The zero-order valence-electron chi connectivity index (χ0n) is 36.1. The number of aromatic nitrogens is 2. The van der Waals surface area contributed by atoms with Crippen LogP contribution in [0.15, 0.2) is 118 Å². The number of fused-ring (bicyclic) bond motifs is 2. The second kappa shape index (κ2) is 21.5. The number of pyridine rings is 2. The lowest BCUT2D eigenvalue weighted by atomic mass is 9.87. The summed E-state index contributed by atoms with van der Waals surface area (Å²) in [4.78, 5) is 34.8. The second-order valence-electron chi connectivity index (χ2n) is 15.7. The molecule has 348 valence electrons. The van der Waals surface area contributed by atoms with Crippen LogP contribution in [0.3, 0.4) is 0 Å². The molecule has 4 unspecified atom stereocenters. The molecule has 0 amide bonds. The molecule has 2 aromatic heterocycles. The Morgan fingerprint density at radius 1 is 0.657 bits per heavy atom. The summed E-state index contributed by atoms with van der Waals surface area (Å²) in [5.74, 6) is 0.699. The van der Waals surface area contributed by atoms with Crippen molar-refractivity contribution in [1.29, 1.82) is 0 Å². The number of hydrogen-bond acceptors (Lipinski definition) is 11. The van der Waals surface area contributed by atoms with Crippen LogP contribution in [0.5, 0.6) is 34.8 Å². The molecule has 0 saturated heterocycles. The molecule has 2 heterocycles. The lowest BCUT2D eigenvalue weighted by Crippen LogP contribution is -2.33. The normalized spacial score (nSPS) is 16.1. The average molecular weight is 1080 g/mol. The highest BCUT2D eigenvalue weighted by Gasteiger charge is 2.34. The summed E-state index contributed by atoms with van der Waals surface area (Å²) < 4.78 is 79.6. The summed E-state index contributed by atoms with van der Waals surface area (Å²) in [5, 5.41) is 0. The minimum absolute atomic E-state index is 0.294. The van der Waals surface area contributed by atoms with Crippen molar-refractivity contribution in [1.82, 2.24) is 9.97 Å². The molecular weight excluding hydrogens is 1030 g/mol. The first kappa shape index (κ1) is 47.8. The smallest absolute Gasteiger partial charge is 0.351 e. The number of benzene rings is 4. The maximum absolute atomic E-state index is 12.9. The maximum Gasteiger partial charge on any atom is 0.351 e. The summed E-state index contributed by atoms with van der Waals surface area (Å²) in [6.07, 6.45) is 6.54. The van der Waals surface area contributed by atoms with E-state index in [2.05, 4.69) is 41.8 Å². The number of hydrogen-bond donors (Lipinski definition) is 2. The van der Waals surface area contributed by atoms with E-state index >= 15 is 0 Å². The fourth-order valence-electron chi connectivity index (χ4n) is 8.27. The van der Waals surface area contributed by atoms with E-state index in [0.717, 1.165) is 33.4 Å². The fourth-order valence-corrected chi connectivity index (χ4v) is 10.5. The molecule has 8 rings (SSSR count). The van der Waals surface area contributed by atoms with Gasteiger partial charge in [-0.15, -0.1) is 0 Å². The van der Waals surface area contributed by atoms with Gasteiger partial charge in [0.15, 0.2) is 13.2 Å². The minimum Gasteiger partial charge on any atom is -0.482 e. The van der Waals surface area contributed by atoms with Crippen molar-refractivity contribution >= 4 is 77.7 Å². The van der Waals surface area contributed by atoms with Gasteiger partial charge in [0.25, 0.3) is 22.5 Å². The van der Waals surface area contributed by atoms with Gasteiger partial charge >= 0.3 is 11.9 Å². The summed E-state index contributed by atoms with van der Waals surface area (Å²) in [6.45, 7) is 2.73. The molecule has 0 radical (unpaired) electrons. The minimum atomic E-state index is -2.44. The van der Waals surface area contributed by atoms with E-state index in [0.29, 0.717) is 93.6 Å². The van der Waals surface area contributed by atoms with E-state index in [-0.39, 0.29) is 0 Å². The van der Waals surface area contributed by atoms with Crippen molar-refractivity contribution in [2.24, 2.45) is 0 Å². The number of nitrogens with zero attached hydrogens (tertiary/aromatic N) is 4. The lowest BCUT2D eigenvalue weighted by Gasteiger charge is -2.35. The molecule has 0 spiro atoms. The molecule has 2 aliphatic carbocycles. The summed E-state index contributed by atoms with van der Waals surface area (Å²) in [5.41, 5.74) is 5.77. The van der Waals surface area contributed by atoms with Crippen molar-refractivity contribution < 1.29 is 50.8 Å². The van der Waals surface area contributed by atoms with Crippen LogP contribution < -0.4 is 27.6 Å². The Hall–Kier alpha value is -5.70. The zero-order valence-corrected chi connectivity index (χ0v) is 40.9. The van der Waals surface area contributed by atoms with E-state index in [1.54, 1.807) is 36.4 Å². The number of aryl methyl sites for hydroxylation is 2. The Morgan fingerprint density at radius 3 is 1.61 bits per heavy atom. The zero-order chi connectivity index (χ0) is 47.2. The molecule has 19 heteroatoms. The monoisotopic (exact) mass is 1070 g/mol. The summed E-state index contributed by atoms with van der Waals surface area (Å²) >= 11 is 2.14. The van der Waals surface area contributed by atoms with E-state index in [1.807, 2.05) is 74.5 Å². The molecular formula is C48H44Br2N4O11S2. The molecule has 0 bridgehead atoms. The van der Waals surface area contributed by atoms with Gasteiger partial charge in [-0.05, 0) is 155 Å². The largest absolute Gasteiger partial charge is 0.482 e. The highest BCUT2D eigenvalue weighted by molar-refractivity contribution is 9.11. The molecule has 0 fully saturated rings. The Kier molecular flexibility index (Phi) is 15.3. The number of ether oxygens (including phenoxy) is 5. The molecule has 0 saturated carbocycles. The highest BCUT2D eigenvalue weighted by Crippen LogP contribution is 2.44. The van der Waals surface area contributed by atoms with Crippen LogP contribution >= 0.6 is 31.9 Å². The van der Waals surface area contributed by atoms with Crippen LogP contribution in [0.25, 0.3) is 0 Å². The molecule has 4 atom stereocenters. The third kappa shape index (κ3) is 11.2. The van der Waals surface area contributed by atoms with Gasteiger partial charge in [-0.1, -0.05) is 60.2 Å². The van der Waals surface area contributed by atoms with E-state index < -0.39 is 59.8 Å². The third-order valence-corrected chi connectivity index (χ3v) is 14.1. The van der Waals surface area contributed by atoms with Gasteiger partial charge in [0, 0.05) is 0 Å². The van der Waals surface area contributed by atoms with Gasteiger partial charge in [-0.25, -0.2) is 28.0 Å². The van der Waals surface area contributed by atoms with E-state index in [9.17, 15) is 27.1 Å². The van der Waals surface area contributed by atoms with Gasteiger partial charge < -0.3 is 23.7 Å². The summed E-state index contributed by atoms with van der Waals surface area (Å²) in [6, 6.07) is 27.9. The molecule has 6 aromatic rings. The number of rotatable bonds is 16. The number of anilines is 2. The topological polar surface area (TPSA) is 187 Å². The molecule has 4 aromatic carbocycles. The Morgan fingerprint density at radius 2 is 1.13 bits per heavy atom. The molecule has 2 N–H and O–H groups in total. The van der Waals surface area contributed by atoms with Crippen LogP contribution in [0, 0.1) is 13.8 Å². The van der Waals surface area contributed by atoms with Crippen LogP contribution in [-0.4, -0.2) is 52.6 Å². The van der Waals surface area contributed by atoms with Crippen molar-refractivity contribution in [2.75, 3.05) is 21.8 Å². The Bertz CT molecular complexity index is 2850. The lowest BCUT2D eigenvalue weighted by molar-refractivity contribution is -0.162. The third-order valence-electron chi connectivity index (χ3n) is 11.3. The van der Waals surface area contributed by atoms with Gasteiger partial charge in [0.2, 0.25) is 11.8 Å². The maximum atomic E-state index is 12.9. The van der Waals surface area contributed by atoms with Crippen LogP contribution in [0.1, 0.15) is 71.1 Å². The summed E-state index contributed by atoms with van der Waals surface area (Å²) in [7, 11) is 0. The van der Waals surface area contributed by atoms with E-state index in [4.69, 9.17) is 23.7 Å². The van der Waals surface area contributed by atoms with Crippen LogP contribution in [-0.2, 0) is 49.7 Å². The standard InChI is InChI=1S/C48H44Br2N4O11S2/c1-29-19-21-33(22-20-29)63-47-38(49)23-31(25-51-47)53(66(57)58)40-14-5-12-36-34(40)10-7-17-43(36)61-27-45(55)65-46(56)28-62-44-18-8-11-35-37(44)13-6-15-41(35)54(67(59)60)32-24-39(50)48(52-26-32)64-42-16-4-3-9-30(42)2/h3-4,7-11,16-26,40-41H,5-6,12-15,27-28H2,1-2H3,(H,57,58)(H,59,60). The quantitative estimate of drug-likeness (QED) is 0.0530. The number of carbonyl (C=O) groups is 2. The number of carbonyl (C=O) groups excluding carboxylic acids is 2. The Labute approximate surface area is 408 Å². The molecule has 2 aliphatic rings. The highest BCUT2D eigenvalue weighted by atomic mass is 79.9.